The van der Waals surface area contributed by atoms with Crippen LogP contribution in [0.25, 0.3) is 0 Å². The van der Waals surface area contributed by atoms with Crippen molar-refractivity contribution in [2.75, 3.05) is 26.6 Å². The predicted molar refractivity (Wildman–Crippen MR) is 70.8 cm³/mol. The molecule has 1 aromatic rings. The first-order chi connectivity index (χ1) is 8.96. The van der Waals surface area contributed by atoms with Crippen molar-refractivity contribution in [3.63, 3.8) is 0 Å². The smallest absolute Gasteiger partial charge is 0.315 e. The zero-order valence-electron chi connectivity index (χ0n) is 11.3. The fourth-order valence-corrected chi connectivity index (χ4v) is 2.57. The Kier molecular flexibility index (Phi) is 5.50. The Morgan fingerprint density at radius 2 is 1.79 bits per heavy atom. The normalized spacial score (nSPS) is 13.0. The number of sulfone groups is 1. The molecule has 0 bridgehead atoms. The molecule has 0 radical (unpaired) electrons. The molecule has 0 aliphatic rings. The highest BCUT2D eigenvalue weighted by molar-refractivity contribution is 7.91. The van der Waals surface area contributed by atoms with Crippen LogP contribution in [0.1, 0.15) is 18.4 Å². The summed E-state index contributed by atoms with van der Waals surface area (Å²) in [7, 11) is -0.428. The van der Waals surface area contributed by atoms with E-state index in [9.17, 15) is 13.2 Å². The average molecular weight is 286 g/mol. The summed E-state index contributed by atoms with van der Waals surface area (Å²) in [5, 5.41) is 0. The van der Waals surface area contributed by atoms with Gasteiger partial charge in [-0.3, -0.25) is 4.79 Å². The summed E-state index contributed by atoms with van der Waals surface area (Å²) in [6.45, 7) is 1.78. The number of carbonyl (C=O) groups is 1. The molecule has 0 saturated heterocycles. The minimum atomic E-state index is -3.23. The van der Waals surface area contributed by atoms with Gasteiger partial charge in [-0.05, 0) is 17.7 Å². The van der Waals surface area contributed by atoms with Crippen molar-refractivity contribution in [3.05, 3.63) is 29.8 Å². The van der Waals surface area contributed by atoms with Crippen LogP contribution in [-0.4, -0.2) is 41.0 Å². The maximum Gasteiger partial charge on any atom is 0.315 e. The summed E-state index contributed by atoms with van der Waals surface area (Å²) in [5.74, 6) is -0.911. The molecule has 1 atom stereocenters. The Morgan fingerprint density at radius 3 is 2.21 bits per heavy atom. The van der Waals surface area contributed by atoms with Crippen LogP contribution >= 0.6 is 0 Å². The highest BCUT2D eigenvalue weighted by Gasteiger charge is 2.22. The monoisotopic (exact) mass is 286 g/mol. The topological polar surface area (TPSA) is 69.7 Å². The van der Waals surface area contributed by atoms with E-state index in [-0.39, 0.29) is 17.3 Å². The van der Waals surface area contributed by atoms with E-state index in [2.05, 4.69) is 0 Å². The molecule has 1 aromatic carbocycles. The van der Waals surface area contributed by atoms with Gasteiger partial charge in [-0.1, -0.05) is 19.1 Å². The van der Waals surface area contributed by atoms with E-state index in [1.165, 1.54) is 26.4 Å². The van der Waals surface area contributed by atoms with Gasteiger partial charge in [0.15, 0.2) is 9.84 Å². The van der Waals surface area contributed by atoms with E-state index in [0.717, 1.165) is 0 Å². The molecule has 106 valence electrons. The largest absolute Gasteiger partial charge is 0.468 e. The highest BCUT2D eigenvalue weighted by Crippen LogP contribution is 2.20. The molecular formula is C13H18O5S. The maximum atomic E-state index is 11.7. The molecule has 0 amide bonds. The first-order valence-corrected chi connectivity index (χ1v) is 7.51. The molecule has 0 heterocycles. The van der Waals surface area contributed by atoms with Crippen LogP contribution in [0, 0.1) is 0 Å². The van der Waals surface area contributed by atoms with Crippen molar-refractivity contribution in [1.82, 2.24) is 0 Å². The Bertz CT molecular complexity index is 518. The van der Waals surface area contributed by atoms with Crippen LogP contribution in [0.3, 0.4) is 0 Å². The molecule has 1 unspecified atom stereocenters. The zero-order chi connectivity index (χ0) is 14.5. The average Bonchev–Trinajstić information content (AvgIpc) is 2.44. The van der Waals surface area contributed by atoms with E-state index in [1.807, 2.05) is 0 Å². The van der Waals surface area contributed by atoms with Gasteiger partial charge in [-0.25, -0.2) is 8.42 Å². The van der Waals surface area contributed by atoms with E-state index >= 15 is 0 Å². The number of ether oxygens (including phenoxy) is 2. The fraction of sp³-hybridized carbons (Fsp3) is 0.462. The predicted octanol–water partition coefficient (Wildman–Crippen LogP) is 1.38. The highest BCUT2D eigenvalue weighted by atomic mass is 32.2. The molecule has 19 heavy (non-hydrogen) atoms. The van der Waals surface area contributed by atoms with Gasteiger partial charge in [0.05, 0.1) is 24.4 Å². The summed E-state index contributed by atoms with van der Waals surface area (Å²) in [6, 6.07) is 6.23. The summed E-state index contributed by atoms with van der Waals surface area (Å²) in [5.41, 5.74) is 0.670. The van der Waals surface area contributed by atoms with E-state index in [1.54, 1.807) is 19.1 Å². The molecule has 0 spiro atoms. The first-order valence-electron chi connectivity index (χ1n) is 5.85. The molecule has 0 aromatic heterocycles. The summed E-state index contributed by atoms with van der Waals surface area (Å²) in [4.78, 5) is 11.9. The number of hydrogen-bond donors (Lipinski definition) is 0. The second-order valence-corrected chi connectivity index (χ2v) is 6.28. The lowest BCUT2D eigenvalue weighted by atomic mass is 10.0. The lowest BCUT2D eigenvalue weighted by Crippen LogP contribution is -2.19. The fourth-order valence-electron chi connectivity index (χ4n) is 1.68. The van der Waals surface area contributed by atoms with Crippen LogP contribution in [0.2, 0.25) is 0 Å². The third-order valence-electron chi connectivity index (χ3n) is 2.84. The van der Waals surface area contributed by atoms with Gasteiger partial charge in [0.2, 0.25) is 0 Å². The number of benzene rings is 1. The van der Waals surface area contributed by atoms with Crippen LogP contribution in [0.15, 0.2) is 29.2 Å². The molecule has 1 rings (SSSR count). The lowest BCUT2D eigenvalue weighted by molar-refractivity contribution is -0.143. The minimum absolute atomic E-state index is 0.0465. The van der Waals surface area contributed by atoms with Gasteiger partial charge < -0.3 is 9.47 Å². The minimum Gasteiger partial charge on any atom is -0.468 e. The molecule has 0 fully saturated rings. The Balaban J connectivity index is 3.05. The van der Waals surface area contributed by atoms with Gasteiger partial charge in [0.1, 0.15) is 5.92 Å². The number of hydrogen-bond acceptors (Lipinski definition) is 5. The molecule has 0 aliphatic heterocycles. The van der Waals surface area contributed by atoms with Gasteiger partial charge >= 0.3 is 5.97 Å². The SMILES string of the molecule is CCS(=O)(=O)c1ccc(C(COC)C(=O)OC)cc1. The molecule has 0 aliphatic carbocycles. The van der Waals surface area contributed by atoms with Crippen LogP contribution in [-0.2, 0) is 24.1 Å². The zero-order valence-corrected chi connectivity index (χ0v) is 12.1. The van der Waals surface area contributed by atoms with Gasteiger partial charge in [0, 0.05) is 7.11 Å². The number of rotatable bonds is 6. The molecular weight excluding hydrogens is 268 g/mol. The molecule has 6 heteroatoms. The molecule has 0 N–H and O–H groups in total. The number of methoxy groups -OCH3 is 2. The Morgan fingerprint density at radius 1 is 1.21 bits per heavy atom. The van der Waals surface area contributed by atoms with E-state index in [4.69, 9.17) is 9.47 Å². The van der Waals surface area contributed by atoms with Crippen molar-refractivity contribution >= 4 is 15.8 Å². The summed E-state index contributed by atoms with van der Waals surface area (Å²) >= 11 is 0. The van der Waals surface area contributed by atoms with Crippen molar-refractivity contribution in [2.45, 2.75) is 17.7 Å². The van der Waals surface area contributed by atoms with Gasteiger partial charge in [-0.15, -0.1) is 0 Å². The van der Waals surface area contributed by atoms with Gasteiger partial charge in [0.25, 0.3) is 0 Å². The number of esters is 1. The first kappa shape index (κ1) is 15.7. The van der Waals surface area contributed by atoms with E-state index < -0.39 is 21.7 Å². The second kappa shape index (κ2) is 6.68. The van der Waals surface area contributed by atoms with Crippen molar-refractivity contribution in [1.29, 1.82) is 0 Å². The lowest BCUT2D eigenvalue weighted by Gasteiger charge is -2.14. The maximum absolute atomic E-state index is 11.7. The van der Waals surface area contributed by atoms with Crippen LogP contribution < -0.4 is 0 Å². The quantitative estimate of drug-likeness (QED) is 0.739. The van der Waals surface area contributed by atoms with Crippen molar-refractivity contribution in [3.8, 4) is 0 Å². The van der Waals surface area contributed by atoms with Crippen molar-refractivity contribution < 1.29 is 22.7 Å². The standard InChI is InChI=1S/C13H18O5S/c1-4-19(15,16)11-7-5-10(6-8-11)12(9-17-2)13(14)18-3/h5-8,12H,4,9H2,1-3H3. The third-order valence-corrected chi connectivity index (χ3v) is 4.59. The van der Waals surface area contributed by atoms with E-state index in [0.29, 0.717) is 5.56 Å². The van der Waals surface area contributed by atoms with Crippen molar-refractivity contribution in [2.24, 2.45) is 0 Å². The Labute approximate surface area is 113 Å². The van der Waals surface area contributed by atoms with Crippen LogP contribution in [0.5, 0.6) is 0 Å². The van der Waals surface area contributed by atoms with Gasteiger partial charge in [-0.2, -0.15) is 0 Å². The second-order valence-electron chi connectivity index (χ2n) is 4.00. The van der Waals surface area contributed by atoms with Crippen LogP contribution in [0.4, 0.5) is 0 Å². The molecule has 5 nitrogen and oxygen atoms in total. The summed E-state index contributed by atoms with van der Waals surface area (Å²) in [6.07, 6.45) is 0. The Hall–Kier alpha value is -1.40. The third kappa shape index (κ3) is 3.78. The molecule has 0 saturated carbocycles. The number of carbonyl (C=O) groups excluding carboxylic acids is 1. The summed E-state index contributed by atoms with van der Waals surface area (Å²) < 4.78 is 33.0.